The van der Waals surface area contributed by atoms with Crippen molar-refractivity contribution in [3.8, 4) is 6.07 Å². The van der Waals surface area contributed by atoms with Gasteiger partial charge in [0.2, 0.25) is 0 Å². The van der Waals surface area contributed by atoms with Gasteiger partial charge in [0.25, 0.3) is 0 Å². The highest BCUT2D eigenvalue weighted by Crippen LogP contribution is 2.37. The first-order valence-corrected chi connectivity index (χ1v) is 11.5. The van der Waals surface area contributed by atoms with Crippen molar-refractivity contribution in [2.75, 3.05) is 13.1 Å². The van der Waals surface area contributed by atoms with Crippen molar-refractivity contribution in [2.45, 2.75) is 38.1 Å². The third kappa shape index (κ3) is 4.42. The molecule has 0 unspecified atom stereocenters. The number of benzene rings is 3. The van der Waals surface area contributed by atoms with E-state index in [9.17, 15) is 5.26 Å². The molecule has 1 aromatic heterocycles. The maximum Gasteiger partial charge on any atom is 0.134 e. The van der Waals surface area contributed by atoms with Crippen molar-refractivity contribution in [3.63, 3.8) is 0 Å². The van der Waals surface area contributed by atoms with Crippen molar-refractivity contribution in [1.29, 1.82) is 5.26 Å². The molecule has 5 rings (SSSR count). The van der Waals surface area contributed by atoms with Crippen molar-refractivity contribution < 1.29 is 4.42 Å². The molecule has 1 aliphatic rings. The number of halogens is 1. The molecular weight excluding hydrogens is 428 g/mol. The van der Waals surface area contributed by atoms with Gasteiger partial charge in [-0.1, -0.05) is 72.3 Å². The van der Waals surface area contributed by atoms with Crippen LogP contribution in [0.3, 0.4) is 0 Å². The van der Waals surface area contributed by atoms with E-state index < -0.39 is 5.41 Å². The normalized spacial score (nSPS) is 13.8. The van der Waals surface area contributed by atoms with Gasteiger partial charge < -0.3 is 4.42 Å². The van der Waals surface area contributed by atoms with Gasteiger partial charge in [-0.3, -0.25) is 4.90 Å². The van der Waals surface area contributed by atoms with Gasteiger partial charge in [-0.05, 0) is 49.6 Å². The van der Waals surface area contributed by atoms with E-state index >= 15 is 0 Å². The maximum atomic E-state index is 10.4. The van der Waals surface area contributed by atoms with Crippen LogP contribution in [0.4, 0.5) is 0 Å². The van der Waals surface area contributed by atoms with Gasteiger partial charge in [-0.25, -0.2) is 0 Å². The number of hydrogen-bond donors (Lipinski definition) is 0. The first kappa shape index (κ1) is 23.1. The van der Waals surface area contributed by atoms with Crippen LogP contribution < -0.4 is 0 Å². The zero-order valence-corrected chi connectivity index (χ0v) is 19.8. The monoisotopic (exact) mass is 456 g/mol. The highest BCUT2D eigenvalue weighted by Gasteiger charge is 2.34. The van der Waals surface area contributed by atoms with Gasteiger partial charge in [-0.2, -0.15) is 5.26 Å². The summed E-state index contributed by atoms with van der Waals surface area (Å²) in [5, 5.41) is 11.6. The topological polar surface area (TPSA) is 40.2 Å². The Morgan fingerprint density at radius 3 is 2.27 bits per heavy atom. The zero-order valence-electron chi connectivity index (χ0n) is 19.0. The standard InChI is InChI=1S/C29H28N2O.ClH/c1-22-13-14-27-25(19-22)26-20-31(18-15-28(26)32-27)17-8-16-29(21-30,23-9-4-2-5-10-23)24-11-6-3-7-12-24;/h2-7,9-14,19H,8,15-18,20H2,1H3;1H. The minimum absolute atomic E-state index is 0. The number of nitriles is 1. The number of fused-ring (bicyclic) bond motifs is 3. The van der Waals surface area contributed by atoms with E-state index in [-0.39, 0.29) is 12.4 Å². The van der Waals surface area contributed by atoms with Crippen LogP contribution in [0.1, 0.15) is 40.9 Å². The summed E-state index contributed by atoms with van der Waals surface area (Å²) < 4.78 is 6.12. The molecule has 0 radical (unpaired) electrons. The smallest absolute Gasteiger partial charge is 0.134 e. The van der Waals surface area contributed by atoms with Crippen LogP contribution in [0.25, 0.3) is 11.0 Å². The Kier molecular flexibility index (Phi) is 6.88. The maximum absolute atomic E-state index is 10.4. The number of aryl methyl sites for hydroxylation is 1. The average molecular weight is 457 g/mol. The van der Waals surface area contributed by atoms with Gasteiger partial charge in [0.05, 0.1) is 6.07 Å². The number of hydrogen-bond acceptors (Lipinski definition) is 3. The quantitative estimate of drug-likeness (QED) is 0.320. The second-order valence-electron chi connectivity index (χ2n) is 8.88. The second kappa shape index (κ2) is 9.83. The predicted octanol–water partition coefficient (Wildman–Crippen LogP) is 6.81. The molecule has 0 spiro atoms. The van der Waals surface area contributed by atoms with Gasteiger partial charge in [0, 0.05) is 30.5 Å². The van der Waals surface area contributed by atoms with E-state index in [1.807, 2.05) is 36.4 Å². The molecule has 168 valence electrons. The molecule has 3 nitrogen and oxygen atoms in total. The molecule has 0 atom stereocenters. The summed E-state index contributed by atoms with van der Waals surface area (Å²) in [5.74, 6) is 1.14. The SMILES string of the molecule is Cc1ccc2oc3c(c2c1)CN(CCCC(C#N)(c1ccccc1)c1ccccc1)CC3.Cl. The van der Waals surface area contributed by atoms with E-state index in [0.717, 1.165) is 61.4 Å². The van der Waals surface area contributed by atoms with Crippen LogP contribution in [0.15, 0.2) is 83.3 Å². The van der Waals surface area contributed by atoms with Crippen LogP contribution in [0.5, 0.6) is 0 Å². The lowest BCUT2D eigenvalue weighted by atomic mass is 9.72. The molecule has 3 aromatic carbocycles. The van der Waals surface area contributed by atoms with E-state index in [4.69, 9.17) is 4.42 Å². The lowest BCUT2D eigenvalue weighted by molar-refractivity contribution is 0.235. The third-order valence-corrected chi connectivity index (χ3v) is 6.82. The molecule has 1 aliphatic heterocycles. The zero-order chi connectivity index (χ0) is 22.0. The number of nitrogens with zero attached hydrogens (tertiary/aromatic N) is 2. The molecule has 0 N–H and O–H groups in total. The Balaban J connectivity index is 0.00000259. The molecule has 4 heteroatoms. The second-order valence-corrected chi connectivity index (χ2v) is 8.88. The molecule has 0 bridgehead atoms. The highest BCUT2D eigenvalue weighted by molar-refractivity contribution is 5.85. The van der Waals surface area contributed by atoms with Gasteiger partial charge in [0.1, 0.15) is 16.8 Å². The van der Waals surface area contributed by atoms with Gasteiger partial charge in [0.15, 0.2) is 0 Å². The van der Waals surface area contributed by atoms with Crippen LogP contribution in [-0.4, -0.2) is 18.0 Å². The number of rotatable bonds is 6. The summed E-state index contributed by atoms with van der Waals surface area (Å²) in [6.45, 7) is 5.03. The van der Waals surface area contributed by atoms with Crippen molar-refractivity contribution in [2.24, 2.45) is 0 Å². The Labute approximate surface area is 202 Å². The molecule has 0 aliphatic carbocycles. The van der Waals surface area contributed by atoms with E-state index in [1.165, 1.54) is 16.5 Å². The fourth-order valence-corrected chi connectivity index (χ4v) is 5.10. The third-order valence-electron chi connectivity index (χ3n) is 6.82. The van der Waals surface area contributed by atoms with Crippen molar-refractivity contribution in [1.82, 2.24) is 4.90 Å². The number of furan rings is 1. The summed E-state index contributed by atoms with van der Waals surface area (Å²) >= 11 is 0. The largest absolute Gasteiger partial charge is 0.461 e. The summed E-state index contributed by atoms with van der Waals surface area (Å²) in [7, 11) is 0. The first-order chi connectivity index (χ1) is 15.7. The Bertz CT molecular complexity index is 1220. The van der Waals surface area contributed by atoms with E-state index in [0.29, 0.717) is 0 Å². The minimum atomic E-state index is -0.622. The Morgan fingerprint density at radius 2 is 1.64 bits per heavy atom. The highest BCUT2D eigenvalue weighted by atomic mass is 35.5. The molecule has 33 heavy (non-hydrogen) atoms. The van der Waals surface area contributed by atoms with Crippen LogP contribution in [0, 0.1) is 18.3 Å². The predicted molar refractivity (Wildman–Crippen MR) is 136 cm³/mol. The van der Waals surface area contributed by atoms with Crippen molar-refractivity contribution in [3.05, 3.63) is 107 Å². The molecule has 0 fully saturated rings. The van der Waals surface area contributed by atoms with Crippen LogP contribution in [-0.2, 0) is 18.4 Å². The summed E-state index contributed by atoms with van der Waals surface area (Å²) in [4.78, 5) is 2.51. The molecule has 0 saturated carbocycles. The van der Waals surface area contributed by atoms with Crippen molar-refractivity contribution >= 4 is 23.4 Å². The summed E-state index contributed by atoms with van der Waals surface area (Å²) in [6.07, 6.45) is 2.71. The van der Waals surface area contributed by atoms with Crippen LogP contribution >= 0.6 is 12.4 Å². The molecule has 2 heterocycles. The fourth-order valence-electron chi connectivity index (χ4n) is 5.10. The summed E-state index contributed by atoms with van der Waals surface area (Å²) in [5.41, 5.74) is 5.13. The minimum Gasteiger partial charge on any atom is -0.461 e. The van der Waals surface area contributed by atoms with Gasteiger partial charge >= 0.3 is 0 Å². The fraction of sp³-hybridized carbons (Fsp3) is 0.276. The lowest BCUT2D eigenvalue weighted by Gasteiger charge is -2.31. The van der Waals surface area contributed by atoms with Crippen LogP contribution in [0.2, 0.25) is 0 Å². The Hall–Kier alpha value is -3.06. The van der Waals surface area contributed by atoms with E-state index in [2.05, 4.69) is 60.4 Å². The summed E-state index contributed by atoms with van der Waals surface area (Å²) in [6, 6.07) is 29.6. The average Bonchev–Trinajstić information content (AvgIpc) is 3.20. The molecule has 0 saturated heterocycles. The molecule has 0 amide bonds. The molecular formula is C29H29ClN2O. The van der Waals surface area contributed by atoms with Gasteiger partial charge in [-0.15, -0.1) is 12.4 Å². The Morgan fingerprint density at radius 1 is 0.970 bits per heavy atom. The lowest BCUT2D eigenvalue weighted by Crippen LogP contribution is -2.33. The first-order valence-electron chi connectivity index (χ1n) is 11.5. The van der Waals surface area contributed by atoms with E-state index in [1.54, 1.807) is 0 Å². The molecule has 4 aromatic rings.